The molecule has 0 bridgehead atoms. The van der Waals surface area contributed by atoms with E-state index >= 15 is 0 Å². The molecule has 0 aliphatic heterocycles. The van der Waals surface area contributed by atoms with Crippen LogP contribution in [0.15, 0.2) is 0 Å². The van der Waals surface area contributed by atoms with E-state index in [0.29, 0.717) is 0 Å². The van der Waals surface area contributed by atoms with Gasteiger partial charge >= 0.3 is 37.7 Å². The van der Waals surface area contributed by atoms with Gasteiger partial charge in [0, 0.05) is 0 Å². The zero-order valence-corrected chi connectivity index (χ0v) is 10.1. The molecule has 0 unspecified atom stereocenters. The molecule has 0 N–H and O–H groups in total. The van der Waals surface area contributed by atoms with Crippen molar-refractivity contribution < 1.29 is 72.0 Å². The summed E-state index contributed by atoms with van der Waals surface area (Å²) in [4.78, 5) is 0. The fraction of sp³-hybridized carbons (Fsp3) is 0.500. The summed E-state index contributed by atoms with van der Waals surface area (Å²) in [7, 11) is -9.63. The summed E-state index contributed by atoms with van der Waals surface area (Å²) in [6, 6.07) is 0. The Hall–Kier alpha value is 0.495. The van der Waals surface area contributed by atoms with Crippen molar-refractivity contribution in [2.24, 2.45) is 0 Å². The molecule has 0 aliphatic rings. The first-order chi connectivity index (χ1) is 6.21. The van der Waals surface area contributed by atoms with Crippen molar-refractivity contribution in [3.05, 3.63) is 0 Å². The second kappa shape index (κ2) is 9.52. The maximum Gasteiger partial charge on any atom is 1.00 e. The van der Waals surface area contributed by atoms with Crippen molar-refractivity contribution in [3.63, 3.8) is 0 Å². The van der Waals surface area contributed by atoms with Gasteiger partial charge in [0.05, 0.1) is 0 Å². The molecule has 0 atom stereocenters. The van der Waals surface area contributed by atoms with Crippen LogP contribution in [0.25, 0.3) is 0 Å². The summed E-state index contributed by atoms with van der Waals surface area (Å²) in [5.41, 5.74) is 0. The zero-order chi connectivity index (χ0) is 11.2. The average Bonchev–Trinajstić information content (AvgIpc) is 1.92. The average molecular weight is 258 g/mol. The zero-order valence-electron chi connectivity index (χ0n) is 8.50. The quantitative estimate of drug-likeness (QED) is 0.210. The molecule has 0 saturated carbocycles. The Morgan fingerprint density at radius 2 is 1.06 bits per heavy atom. The van der Waals surface area contributed by atoms with Gasteiger partial charge in [0.2, 0.25) is 20.8 Å². The van der Waals surface area contributed by atoms with Crippen molar-refractivity contribution in [1.82, 2.24) is 0 Å². The van der Waals surface area contributed by atoms with E-state index in [1.807, 2.05) is 11.8 Å². The smallest absolute Gasteiger partial charge is 0.725 e. The van der Waals surface area contributed by atoms with E-state index in [4.69, 9.17) is 0 Å². The van der Waals surface area contributed by atoms with Crippen LogP contribution < -0.4 is 37.7 Å². The normalized spacial score (nSPS) is 10.4. The summed E-state index contributed by atoms with van der Waals surface area (Å²) in [6.07, 6.45) is 0. The molecule has 0 rings (SSSR count). The molecule has 0 radical (unpaired) electrons. The maximum absolute atomic E-state index is 9.80. The molecular formula is C4H4Li2O8S2. The molecule has 0 aromatic heterocycles. The minimum atomic E-state index is -4.81. The van der Waals surface area contributed by atoms with E-state index in [1.54, 1.807) is 0 Å². The topological polar surface area (TPSA) is 133 Å². The van der Waals surface area contributed by atoms with Crippen molar-refractivity contribution in [2.75, 3.05) is 13.2 Å². The number of hydrogen-bond donors (Lipinski definition) is 0. The predicted molar refractivity (Wildman–Crippen MR) is 39.1 cm³/mol. The first-order valence-corrected chi connectivity index (χ1v) is 5.53. The molecule has 0 aromatic carbocycles. The second-order valence-electron chi connectivity index (χ2n) is 1.69. The monoisotopic (exact) mass is 258 g/mol. The Morgan fingerprint density at radius 1 is 0.812 bits per heavy atom. The Kier molecular flexibility index (Phi) is 12.9. The number of rotatable bonds is 4. The molecule has 0 aromatic rings. The molecule has 12 heteroatoms. The van der Waals surface area contributed by atoms with Gasteiger partial charge in [0.25, 0.3) is 0 Å². The minimum Gasteiger partial charge on any atom is -0.725 e. The molecule has 0 aliphatic carbocycles. The van der Waals surface area contributed by atoms with Gasteiger partial charge in [0.1, 0.15) is 13.2 Å². The minimum absolute atomic E-state index is 0. The van der Waals surface area contributed by atoms with Gasteiger partial charge < -0.3 is 9.11 Å². The second-order valence-corrected chi connectivity index (χ2v) is 3.80. The van der Waals surface area contributed by atoms with Gasteiger partial charge in [0.15, 0.2) is 0 Å². The Labute approximate surface area is 117 Å². The molecule has 0 heterocycles. The Morgan fingerprint density at radius 3 is 1.25 bits per heavy atom. The molecule has 8 nitrogen and oxygen atoms in total. The molecule has 0 amide bonds. The molecule has 16 heavy (non-hydrogen) atoms. The van der Waals surface area contributed by atoms with E-state index < -0.39 is 34.0 Å². The predicted octanol–water partition coefficient (Wildman–Crippen LogP) is -8.05. The van der Waals surface area contributed by atoms with Gasteiger partial charge in [-0.2, -0.15) is 0 Å². The summed E-state index contributed by atoms with van der Waals surface area (Å²) < 4.78 is 66.0. The largest absolute Gasteiger partial charge is 1.00 e. The van der Waals surface area contributed by atoms with Crippen LogP contribution in [0.4, 0.5) is 0 Å². The van der Waals surface area contributed by atoms with Crippen LogP contribution in [0, 0.1) is 11.8 Å². The van der Waals surface area contributed by atoms with Crippen molar-refractivity contribution >= 4 is 20.8 Å². The summed E-state index contributed by atoms with van der Waals surface area (Å²) in [5, 5.41) is 0. The van der Waals surface area contributed by atoms with Gasteiger partial charge in [-0.1, -0.05) is 11.8 Å². The fourth-order valence-electron chi connectivity index (χ4n) is 0.305. The molecular weight excluding hydrogens is 254 g/mol. The van der Waals surface area contributed by atoms with E-state index in [1.165, 1.54) is 0 Å². The molecule has 82 valence electrons. The standard InChI is InChI=1S/C4H6O8S2.2Li/c5-13(6,7)11-3-1-2-4-12-14(8,9)10;;/h3-4H2,(H,5,6,7)(H,8,9,10);;/q;2*+1/p-2. The Balaban J connectivity index is -0.000000845. The van der Waals surface area contributed by atoms with Crippen LogP contribution in [0.1, 0.15) is 0 Å². The van der Waals surface area contributed by atoms with Crippen molar-refractivity contribution in [1.29, 1.82) is 0 Å². The summed E-state index contributed by atoms with van der Waals surface area (Å²) >= 11 is 0. The SMILES string of the molecule is O=S(=O)([O-])OCC#CCOS(=O)(=O)[O-].[Li+].[Li+]. The fourth-order valence-corrected chi connectivity index (χ4v) is 0.712. The van der Waals surface area contributed by atoms with Crippen LogP contribution in [0.3, 0.4) is 0 Å². The molecule has 0 fully saturated rings. The van der Waals surface area contributed by atoms with Gasteiger partial charge in [-0.25, -0.2) is 16.8 Å². The van der Waals surface area contributed by atoms with Crippen LogP contribution in [-0.4, -0.2) is 39.2 Å². The van der Waals surface area contributed by atoms with Crippen LogP contribution in [0.2, 0.25) is 0 Å². The third-order valence-corrected chi connectivity index (χ3v) is 1.49. The van der Waals surface area contributed by atoms with Crippen LogP contribution in [-0.2, 0) is 29.2 Å². The maximum atomic E-state index is 9.80. The van der Waals surface area contributed by atoms with E-state index in [2.05, 4.69) is 8.37 Å². The van der Waals surface area contributed by atoms with Crippen LogP contribution >= 0.6 is 0 Å². The van der Waals surface area contributed by atoms with Gasteiger partial charge in [-0.05, 0) is 0 Å². The van der Waals surface area contributed by atoms with E-state index in [9.17, 15) is 25.9 Å². The molecule has 0 saturated heterocycles. The van der Waals surface area contributed by atoms with Crippen molar-refractivity contribution in [2.45, 2.75) is 0 Å². The number of hydrogen-bond acceptors (Lipinski definition) is 8. The third-order valence-electron chi connectivity index (χ3n) is 0.676. The first-order valence-electron chi connectivity index (χ1n) is 2.87. The van der Waals surface area contributed by atoms with Gasteiger partial charge in [-0.3, -0.25) is 8.37 Å². The van der Waals surface area contributed by atoms with Crippen LogP contribution in [0.5, 0.6) is 0 Å². The third kappa shape index (κ3) is 20.0. The van der Waals surface area contributed by atoms with Gasteiger partial charge in [-0.15, -0.1) is 0 Å². The summed E-state index contributed by atoms with van der Waals surface area (Å²) in [5.74, 6) is 3.87. The van der Waals surface area contributed by atoms with E-state index in [-0.39, 0.29) is 37.7 Å². The molecule has 0 spiro atoms. The van der Waals surface area contributed by atoms with E-state index in [0.717, 1.165) is 0 Å². The Bertz CT molecular complexity index is 388. The van der Waals surface area contributed by atoms with Crippen molar-refractivity contribution in [3.8, 4) is 11.8 Å². The summed E-state index contributed by atoms with van der Waals surface area (Å²) in [6.45, 7) is -1.46. The first kappa shape index (κ1) is 21.7.